The minimum Gasteiger partial charge on any atom is -0.368 e. The molecule has 1 atom stereocenters. The Balaban J connectivity index is 2.11. The van der Waals surface area contributed by atoms with E-state index in [-0.39, 0.29) is 11.8 Å². The highest BCUT2D eigenvalue weighted by Gasteiger charge is 2.45. The number of primary amides is 1. The topological polar surface area (TPSA) is 75.4 Å². The highest BCUT2D eigenvalue weighted by Crippen LogP contribution is 2.32. The molecule has 2 fully saturated rings. The molecule has 20 heavy (non-hydrogen) atoms. The number of amides is 2. The van der Waals surface area contributed by atoms with E-state index in [0.29, 0.717) is 12.8 Å². The first-order chi connectivity index (χ1) is 9.38. The molecule has 0 spiro atoms. The van der Waals surface area contributed by atoms with E-state index in [2.05, 4.69) is 10.2 Å². The zero-order valence-electron chi connectivity index (χ0n) is 12.7. The Hall–Kier alpha value is -1.10. The van der Waals surface area contributed by atoms with E-state index >= 15 is 0 Å². The number of rotatable bonds is 3. The van der Waals surface area contributed by atoms with E-state index in [1.807, 2.05) is 14.0 Å². The molecule has 1 saturated carbocycles. The summed E-state index contributed by atoms with van der Waals surface area (Å²) in [5.74, 6) is -0.384. The van der Waals surface area contributed by atoms with E-state index < -0.39 is 11.0 Å². The van der Waals surface area contributed by atoms with Crippen LogP contribution in [0.5, 0.6) is 0 Å². The number of carbonyl (C=O) groups is 2. The summed E-state index contributed by atoms with van der Waals surface area (Å²) in [5.41, 5.74) is 4.40. The molecular weight excluding hydrogens is 254 g/mol. The van der Waals surface area contributed by atoms with Crippen LogP contribution in [0.25, 0.3) is 0 Å². The summed E-state index contributed by atoms with van der Waals surface area (Å²) in [5, 5.41) is 3.03. The summed E-state index contributed by atoms with van der Waals surface area (Å²) in [6.07, 6.45) is 6.35. The fourth-order valence-electron chi connectivity index (χ4n) is 3.51. The Morgan fingerprint density at radius 2 is 1.70 bits per heavy atom. The summed E-state index contributed by atoms with van der Waals surface area (Å²) >= 11 is 0. The summed E-state index contributed by atoms with van der Waals surface area (Å²) < 4.78 is 0. The Morgan fingerprint density at radius 1 is 1.10 bits per heavy atom. The van der Waals surface area contributed by atoms with E-state index in [1.165, 1.54) is 0 Å². The number of nitrogens with zero attached hydrogens (tertiary/aromatic N) is 1. The van der Waals surface area contributed by atoms with Gasteiger partial charge in [0.15, 0.2) is 0 Å². The van der Waals surface area contributed by atoms with Gasteiger partial charge in [-0.2, -0.15) is 0 Å². The van der Waals surface area contributed by atoms with Crippen LogP contribution in [-0.2, 0) is 9.59 Å². The minimum absolute atomic E-state index is 0.0115. The number of hydrogen-bond donors (Lipinski definition) is 2. The molecule has 0 aromatic carbocycles. The van der Waals surface area contributed by atoms with Gasteiger partial charge in [0.25, 0.3) is 0 Å². The standard InChI is InChI=1S/C15H27N3O2/c1-14(9-10-18(2)11-14)13(20)17-15(12(16)19)7-5-3-4-6-8-15/h3-11H2,1-2H3,(H2,16,19)(H,17,20). The van der Waals surface area contributed by atoms with Crippen molar-refractivity contribution < 1.29 is 9.59 Å². The number of likely N-dealkylation sites (tertiary alicyclic amines) is 1. The van der Waals surface area contributed by atoms with Crippen LogP contribution in [0.1, 0.15) is 51.9 Å². The Morgan fingerprint density at radius 3 is 2.15 bits per heavy atom. The van der Waals surface area contributed by atoms with Crippen LogP contribution in [0.4, 0.5) is 0 Å². The average Bonchev–Trinajstić information content (AvgIpc) is 2.62. The van der Waals surface area contributed by atoms with Crippen molar-refractivity contribution in [3.63, 3.8) is 0 Å². The van der Waals surface area contributed by atoms with Gasteiger partial charge in [-0.3, -0.25) is 9.59 Å². The molecule has 0 radical (unpaired) electrons. The molecule has 0 aromatic rings. The van der Waals surface area contributed by atoms with Crippen LogP contribution in [0, 0.1) is 5.41 Å². The maximum Gasteiger partial charge on any atom is 0.243 e. The van der Waals surface area contributed by atoms with Gasteiger partial charge in [-0.1, -0.05) is 25.7 Å². The average molecular weight is 281 g/mol. The summed E-state index contributed by atoms with van der Waals surface area (Å²) in [6.45, 7) is 3.65. The quantitative estimate of drug-likeness (QED) is 0.758. The lowest BCUT2D eigenvalue weighted by Crippen LogP contribution is -2.60. The predicted molar refractivity (Wildman–Crippen MR) is 78.0 cm³/mol. The molecule has 1 aliphatic heterocycles. The van der Waals surface area contributed by atoms with Gasteiger partial charge >= 0.3 is 0 Å². The van der Waals surface area contributed by atoms with Crippen LogP contribution in [0.3, 0.4) is 0 Å². The maximum absolute atomic E-state index is 12.7. The smallest absolute Gasteiger partial charge is 0.243 e. The van der Waals surface area contributed by atoms with E-state index in [0.717, 1.165) is 45.2 Å². The predicted octanol–water partition coefficient (Wildman–Crippen LogP) is 1.02. The van der Waals surface area contributed by atoms with Crippen LogP contribution in [0.2, 0.25) is 0 Å². The van der Waals surface area contributed by atoms with Crippen molar-refractivity contribution in [2.75, 3.05) is 20.1 Å². The first-order valence-electron chi connectivity index (χ1n) is 7.69. The van der Waals surface area contributed by atoms with Crippen LogP contribution < -0.4 is 11.1 Å². The molecule has 5 heteroatoms. The van der Waals surface area contributed by atoms with Crippen molar-refractivity contribution in [3.8, 4) is 0 Å². The third kappa shape index (κ3) is 2.97. The molecule has 3 N–H and O–H groups in total. The molecule has 2 amide bonds. The largest absolute Gasteiger partial charge is 0.368 e. The summed E-state index contributed by atoms with van der Waals surface area (Å²) in [6, 6.07) is 0. The third-order valence-corrected chi connectivity index (χ3v) is 4.99. The minimum atomic E-state index is -0.822. The van der Waals surface area contributed by atoms with Crippen molar-refractivity contribution in [2.24, 2.45) is 11.1 Å². The van der Waals surface area contributed by atoms with Crippen molar-refractivity contribution in [2.45, 2.75) is 57.4 Å². The summed E-state index contributed by atoms with van der Waals surface area (Å²) in [7, 11) is 2.02. The van der Waals surface area contributed by atoms with Gasteiger partial charge in [0.2, 0.25) is 11.8 Å². The second-order valence-corrected chi connectivity index (χ2v) is 6.86. The lowest BCUT2D eigenvalue weighted by molar-refractivity contribution is -0.137. The van der Waals surface area contributed by atoms with E-state index in [9.17, 15) is 9.59 Å². The van der Waals surface area contributed by atoms with Gasteiger partial charge in [-0.15, -0.1) is 0 Å². The van der Waals surface area contributed by atoms with Gasteiger partial charge < -0.3 is 16.0 Å². The third-order valence-electron chi connectivity index (χ3n) is 4.99. The molecule has 1 unspecified atom stereocenters. The molecule has 1 heterocycles. The maximum atomic E-state index is 12.7. The molecule has 114 valence electrons. The lowest BCUT2D eigenvalue weighted by atomic mass is 9.84. The molecule has 0 aromatic heterocycles. The molecular formula is C15H27N3O2. The number of carbonyl (C=O) groups excluding carboxylic acids is 2. The van der Waals surface area contributed by atoms with Gasteiger partial charge in [0, 0.05) is 6.54 Å². The van der Waals surface area contributed by atoms with Crippen LogP contribution in [0.15, 0.2) is 0 Å². The van der Waals surface area contributed by atoms with Crippen molar-refractivity contribution in [3.05, 3.63) is 0 Å². The highest BCUT2D eigenvalue weighted by molar-refractivity contribution is 5.92. The van der Waals surface area contributed by atoms with Crippen molar-refractivity contribution in [1.29, 1.82) is 0 Å². The Bertz CT molecular complexity index is 389. The second kappa shape index (κ2) is 5.72. The molecule has 5 nitrogen and oxygen atoms in total. The number of nitrogens with two attached hydrogens (primary N) is 1. The number of hydrogen-bond acceptors (Lipinski definition) is 3. The first kappa shape index (κ1) is 15.3. The van der Waals surface area contributed by atoms with Gasteiger partial charge in [-0.05, 0) is 39.8 Å². The second-order valence-electron chi connectivity index (χ2n) is 6.86. The van der Waals surface area contributed by atoms with Crippen LogP contribution in [-0.4, -0.2) is 42.4 Å². The van der Waals surface area contributed by atoms with Gasteiger partial charge in [0.05, 0.1) is 5.41 Å². The molecule has 2 rings (SSSR count). The van der Waals surface area contributed by atoms with Gasteiger partial charge in [0.1, 0.15) is 5.54 Å². The van der Waals surface area contributed by atoms with E-state index in [1.54, 1.807) is 0 Å². The first-order valence-corrected chi connectivity index (χ1v) is 7.69. The van der Waals surface area contributed by atoms with Gasteiger partial charge in [-0.25, -0.2) is 0 Å². The van der Waals surface area contributed by atoms with Crippen molar-refractivity contribution >= 4 is 11.8 Å². The lowest BCUT2D eigenvalue weighted by Gasteiger charge is -2.34. The summed E-state index contributed by atoms with van der Waals surface area (Å²) in [4.78, 5) is 26.8. The normalized spacial score (nSPS) is 30.7. The molecule has 2 aliphatic rings. The Labute approximate surface area is 121 Å². The van der Waals surface area contributed by atoms with E-state index in [4.69, 9.17) is 5.73 Å². The fourth-order valence-corrected chi connectivity index (χ4v) is 3.51. The zero-order chi connectivity index (χ0) is 14.8. The number of nitrogens with one attached hydrogen (secondary N) is 1. The van der Waals surface area contributed by atoms with Crippen LogP contribution >= 0.6 is 0 Å². The monoisotopic (exact) mass is 281 g/mol. The fraction of sp³-hybridized carbons (Fsp3) is 0.867. The molecule has 1 saturated heterocycles. The molecule has 1 aliphatic carbocycles. The zero-order valence-corrected chi connectivity index (χ0v) is 12.7. The highest BCUT2D eigenvalue weighted by atomic mass is 16.2. The Kier molecular flexibility index (Phi) is 4.37. The molecule has 0 bridgehead atoms. The SMILES string of the molecule is CN1CCC(C)(C(=O)NC2(C(N)=O)CCCCCC2)C1. The van der Waals surface area contributed by atoms with Crippen molar-refractivity contribution in [1.82, 2.24) is 10.2 Å².